The molecule has 2 rings (SSSR count). The van der Waals surface area contributed by atoms with Gasteiger partial charge in [-0.15, -0.1) is 0 Å². The largest absolute Gasteiger partial charge is 0.497 e. The van der Waals surface area contributed by atoms with Crippen LogP contribution >= 0.6 is 0 Å². The Kier molecular flexibility index (Phi) is 6.69. The summed E-state index contributed by atoms with van der Waals surface area (Å²) in [4.78, 5) is 12.3. The number of rotatable bonds is 8. The lowest BCUT2D eigenvalue weighted by Crippen LogP contribution is -2.36. The Bertz CT molecular complexity index is 665. The van der Waals surface area contributed by atoms with Gasteiger partial charge in [-0.2, -0.15) is 0 Å². The molecule has 0 saturated heterocycles. The lowest BCUT2D eigenvalue weighted by molar-refractivity contribution is 0.0926. The average molecular weight is 343 g/mol. The predicted molar refractivity (Wildman–Crippen MR) is 97.6 cm³/mol. The summed E-state index contributed by atoms with van der Waals surface area (Å²) in [5.41, 5.74) is 0.590. The second-order valence-electron chi connectivity index (χ2n) is 6.05. The van der Waals surface area contributed by atoms with Gasteiger partial charge in [0.2, 0.25) is 0 Å². The zero-order valence-electron chi connectivity index (χ0n) is 15.1. The average Bonchev–Trinajstić information content (AvgIpc) is 2.60. The van der Waals surface area contributed by atoms with Crippen molar-refractivity contribution < 1.29 is 19.0 Å². The molecule has 0 spiro atoms. The third-order valence-electron chi connectivity index (χ3n) is 3.43. The molecule has 0 aliphatic heterocycles. The van der Waals surface area contributed by atoms with E-state index >= 15 is 0 Å². The van der Waals surface area contributed by atoms with Gasteiger partial charge in [-0.1, -0.05) is 0 Å². The molecule has 0 heterocycles. The molecule has 0 saturated carbocycles. The van der Waals surface area contributed by atoms with Crippen molar-refractivity contribution in [2.45, 2.75) is 32.9 Å². The highest BCUT2D eigenvalue weighted by atomic mass is 16.5. The number of ether oxygens (including phenoxy) is 3. The molecule has 0 bridgehead atoms. The van der Waals surface area contributed by atoms with Gasteiger partial charge in [0, 0.05) is 5.56 Å². The van der Waals surface area contributed by atoms with Crippen LogP contribution in [0.2, 0.25) is 0 Å². The van der Waals surface area contributed by atoms with Gasteiger partial charge in [0.15, 0.2) is 0 Å². The van der Waals surface area contributed by atoms with Crippen molar-refractivity contribution in [2.24, 2.45) is 0 Å². The summed E-state index contributed by atoms with van der Waals surface area (Å²) in [6.07, 6.45) is 0.106. The normalized spacial score (nSPS) is 11.7. The maximum absolute atomic E-state index is 12.3. The van der Waals surface area contributed by atoms with E-state index in [1.165, 1.54) is 0 Å². The molecule has 5 heteroatoms. The van der Waals surface area contributed by atoms with Crippen molar-refractivity contribution in [1.29, 1.82) is 0 Å². The Labute approximate surface area is 148 Å². The van der Waals surface area contributed by atoms with Crippen LogP contribution in [0.5, 0.6) is 17.2 Å². The Morgan fingerprint density at radius 2 is 1.48 bits per heavy atom. The summed E-state index contributed by atoms with van der Waals surface area (Å²) in [5.74, 6) is 2.13. The highest BCUT2D eigenvalue weighted by molar-refractivity contribution is 5.94. The van der Waals surface area contributed by atoms with Crippen molar-refractivity contribution in [3.63, 3.8) is 0 Å². The van der Waals surface area contributed by atoms with Crippen molar-refractivity contribution in [3.8, 4) is 17.2 Å². The second-order valence-corrected chi connectivity index (χ2v) is 6.05. The van der Waals surface area contributed by atoms with Crippen LogP contribution < -0.4 is 19.5 Å². The minimum atomic E-state index is -0.137. The number of amides is 1. The lowest BCUT2D eigenvalue weighted by Gasteiger charge is -2.15. The van der Waals surface area contributed by atoms with Crippen LogP contribution in [0, 0.1) is 0 Å². The van der Waals surface area contributed by atoms with E-state index in [1.54, 1.807) is 31.4 Å². The van der Waals surface area contributed by atoms with Crippen molar-refractivity contribution in [3.05, 3.63) is 54.1 Å². The van der Waals surface area contributed by atoms with Gasteiger partial charge >= 0.3 is 0 Å². The molecule has 2 aromatic rings. The van der Waals surface area contributed by atoms with Crippen molar-refractivity contribution in [1.82, 2.24) is 5.32 Å². The SMILES string of the molecule is COc1ccc(OC[C@@H](C)NC(=O)c2ccc(OC(C)C)cc2)cc1. The van der Waals surface area contributed by atoms with Gasteiger partial charge in [0.1, 0.15) is 23.9 Å². The molecule has 134 valence electrons. The van der Waals surface area contributed by atoms with E-state index in [0.29, 0.717) is 12.2 Å². The zero-order chi connectivity index (χ0) is 18.2. The summed E-state index contributed by atoms with van der Waals surface area (Å²) in [6, 6.07) is 14.3. The van der Waals surface area contributed by atoms with Gasteiger partial charge in [0.05, 0.1) is 19.3 Å². The van der Waals surface area contributed by atoms with Crippen molar-refractivity contribution in [2.75, 3.05) is 13.7 Å². The highest BCUT2D eigenvalue weighted by Crippen LogP contribution is 2.17. The maximum atomic E-state index is 12.3. The molecule has 0 unspecified atom stereocenters. The van der Waals surface area contributed by atoms with E-state index in [0.717, 1.165) is 17.2 Å². The monoisotopic (exact) mass is 343 g/mol. The summed E-state index contributed by atoms with van der Waals surface area (Å²) >= 11 is 0. The van der Waals surface area contributed by atoms with Crippen LogP contribution in [0.25, 0.3) is 0 Å². The Morgan fingerprint density at radius 3 is 2.04 bits per heavy atom. The molecule has 0 fully saturated rings. The number of carbonyl (C=O) groups is 1. The molecule has 0 radical (unpaired) electrons. The number of hydrogen-bond donors (Lipinski definition) is 1. The van der Waals surface area contributed by atoms with Crippen LogP contribution in [0.15, 0.2) is 48.5 Å². The minimum Gasteiger partial charge on any atom is -0.497 e. The molecule has 5 nitrogen and oxygen atoms in total. The van der Waals surface area contributed by atoms with Crippen LogP contribution in [0.4, 0.5) is 0 Å². The molecule has 1 amide bonds. The highest BCUT2D eigenvalue weighted by Gasteiger charge is 2.11. The van der Waals surface area contributed by atoms with Crippen LogP contribution in [0.3, 0.4) is 0 Å². The number of nitrogens with one attached hydrogen (secondary N) is 1. The summed E-state index contributed by atoms with van der Waals surface area (Å²) in [7, 11) is 1.62. The number of hydrogen-bond acceptors (Lipinski definition) is 4. The molecule has 0 aromatic heterocycles. The maximum Gasteiger partial charge on any atom is 0.251 e. The molecule has 0 aliphatic rings. The zero-order valence-corrected chi connectivity index (χ0v) is 15.1. The smallest absolute Gasteiger partial charge is 0.251 e. The molecular formula is C20H25NO4. The first kappa shape index (κ1) is 18.6. The van der Waals surface area contributed by atoms with E-state index < -0.39 is 0 Å². The first-order valence-corrected chi connectivity index (χ1v) is 8.32. The lowest BCUT2D eigenvalue weighted by atomic mass is 10.2. The van der Waals surface area contributed by atoms with E-state index in [9.17, 15) is 4.79 Å². The first-order chi connectivity index (χ1) is 12.0. The van der Waals surface area contributed by atoms with E-state index in [2.05, 4.69) is 5.32 Å². The van der Waals surface area contributed by atoms with E-state index in [4.69, 9.17) is 14.2 Å². The standard InChI is InChI=1S/C20H25NO4/c1-14(2)25-19-7-5-16(6-8-19)20(22)21-15(3)13-24-18-11-9-17(23-4)10-12-18/h5-12,14-15H,13H2,1-4H3,(H,21,22)/t15-/m1/s1. The Morgan fingerprint density at radius 1 is 0.920 bits per heavy atom. The van der Waals surface area contributed by atoms with Gasteiger partial charge < -0.3 is 19.5 Å². The first-order valence-electron chi connectivity index (χ1n) is 8.32. The number of benzene rings is 2. The van der Waals surface area contributed by atoms with Crippen LogP contribution in [0.1, 0.15) is 31.1 Å². The topological polar surface area (TPSA) is 56.8 Å². The second kappa shape index (κ2) is 8.97. The summed E-state index contributed by atoms with van der Waals surface area (Å²) in [6.45, 7) is 6.21. The fourth-order valence-corrected chi connectivity index (χ4v) is 2.20. The van der Waals surface area contributed by atoms with E-state index in [-0.39, 0.29) is 18.1 Å². The van der Waals surface area contributed by atoms with Gasteiger partial charge in [-0.25, -0.2) is 0 Å². The summed E-state index contributed by atoms with van der Waals surface area (Å²) < 4.78 is 16.4. The van der Waals surface area contributed by atoms with Crippen molar-refractivity contribution >= 4 is 5.91 Å². The van der Waals surface area contributed by atoms with E-state index in [1.807, 2.05) is 45.0 Å². The third-order valence-corrected chi connectivity index (χ3v) is 3.43. The molecule has 0 aliphatic carbocycles. The summed E-state index contributed by atoms with van der Waals surface area (Å²) in [5, 5.41) is 2.92. The fourth-order valence-electron chi connectivity index (χ4n) is 2.20. The number of carbonyl (C=O) groups excluding carboxylic acids is 1. The Balaban J connectivity index is 1.82. The Hall–Kier alpha value is -2.69. The van der Waals surface area contributed by atoms with Gasteiger partial charge in [-0.3, -0.25) is 4.79 Å². The third kappa shape index (κ3) is 6.03. The fraction of sp³-hybridized carbons (Fsp3) is 0.350. The van der Waals surface area contributed by atoms with Gasteiger partial charge in [-0.05, 0) is 69.3 Å². The predicted octanol–water partition coefficient (Wildman–Crippen LogP) is 3.68. The van der Waals surface area contributed by atoms with Crippen LogP contribution in [-0.4, -0.2) is 31.8 Å². The molecule has 1 N–H and O–H groups in total. The molecule has 1 atom stereocenters. The molecule has 2 aromatic carbocycles. The van der Waals surface area contributed by atoms with Crippen LogP contribution in [-0.2, 0) is 0 Å². The number of methoxy groups -OCH3 is 1. The van der Waals surface area contributed by atoms with Gasteiger partial charge in [0.25, 0.3) is 5.91 Å². The molecule has 25 heavy (non-hydrogen) atoms. The molecular weight excluding hydrogens is 318 g/mol. The quantitative estimate of drug-likeness (QED) is 0.794. The minimum absolute atomic E-state index is 0.106.